The zero-order valence-electron chi connectivity index (χ0n) is 10.6. The van der Waals surface area contributed by atoms with E-state index in [4.69, 9.17) is 11.6 Å². The van der Waals surface area contributed by atoms with Gasteiger partial charge in [0.15, 0.2) is 11.6 Å². The van der Waals surface area contributed by atoms with Gasteiger partial charge in [0.1, 0.15) is 0 Å². The predicted octanol–water partition coefficient (Wildman–Crippen LogP) is 4.88. The molecule has 0 bridgehead atoms. The lowest BCUT2D eigenvalue weighted by Crippen LogP contribution is -2.23. The van der Waals surface area contributed by atoms with Crippen LogP contribution in [-0.2, 0) is 0 Å². The molecule has 0 N–H and O–H groups in total. The summed E-state index contributed by atoms with van der Waals surface area (Å²) < 4.78 is 13.8. The first-order valence-electron chi connectivity index (χ1n) is 6.61. The van der Waals surface area contributed by atoms with Gasteiger partial charge in [0, 0.05) is 5.92 Å². The van der Waals surface area contributed by atoms with Crippen LogP contribution in [0.4, 0.5) is 4.39 Å². The highest BCUT2D eigenvalue weighted by Gasteiger charge is 2.28. The van der Waals surface area contributed by atoms with Crippen molar-refractivity contribution in [1.29, 1.82) is 0 Å². The van der Waals surface area contributed by atoms with Crippen LogP contribution < -0.4 is 0 Å². The molecule has 2 unspecified atom stereocenters. The fraction of sp³-hybridized carbons (Fsp3) is 0.533. The lowest BCUT2D eigenvalue weighted by atomic mass is 9.77. The molecule has 0 saturated heterocycles. The van der Waals surface area contributed by atoms with Gasteiger partial charge in [-0.05, 0) is 30.9 Å². The minimum Gasteiger partial charge on any atom is -0.294 e. The third-order valence-electron chi connectivity index (χ3n) is 3.95. The van der Waals surface area contributed by atoms with Gasteiger partial charge in [0.2, 0.25) is 0 Å². The van der Waals surface area contributed by atoms with Gasteiger partial charge in [-0.25, -0.2) is 4.39 Å². The van der Waals surface area contributed by atoms with Gasteiger partial charge < -0.3 is 0 Å². The molecule has 1 aliphatic rings. The van der Waals surface area contributed by atoms with Crippen molar-refractivity contribution in [2.45, 2.75) is 39.0 Å². The van der Waals surface area contributed by atoms with Gasteiger partial charge in [-0.3, -0.25) is 4.79 Å². The third-order valence-corrected chi connectivity index (χ3v) is 4.24. The monoisotopic (exact) mass is 268 g/mol. The summed E-state index contributed by atoms with van der Waals surface area (Å²) in [6.45, 7) is 2.15. The molecule has 0 amide bonds. The topological polar surface area (TPSA) is 17.1 Å². The van der Waals surface area contributed by atoms with E-state index in [0.717, 1.165) is 25.7 Å². The Bertz CT molecular complexity index is 444. The quantitative estimate of drug-likeness (QED) is 0.714. The maximum Gasteiger partial charge on any atom is 0.168 e. The third kappa shape index (κ3) is 2.74. The first-order chi connectivity index (χ1) is 8.63. The Morgan fingerprint density at radius 3 is 2.94 bits per heavy atom. The molecule has 0 spiro atoms. The molecule has 98 valence electrons. The van der Waals surface area contributed by atoms with E-state index in [1.807, 2.05) is 0 Å². The molecule has 3 heteroatoms. The van der Waals surface area contributed by atoms with Gasteiger partial charge in [-0.2, -0.15) is 0 Å². The van der Waals surface area contributed by atoms with Crippen LogP contribution in [-0.4, -0.2) is 5.78 Å². The second-order valence-corrected chi connectivity index (χ2v) is 5.51. The number of carbonyl (C=O) groups excluding carboxylic acids is 1. The first-order valence-corrected chi connectivity index (χ1v) is 6.99. The smallest absolute Gasteiger partial charge is 0.168 e. The minimum atomic E-state index is -0.567. The fourth-order valence-corrected chi connectivity index (χ4v) is 2.99. The summed E-state index contributed by atoms with van der Waals surface area (Å²) in [5.41, 5.74) is 0.157. The van der Waals surface area contributed by atoms with Crippen molar-refractivity contribution in [1.82, 2.24) is 0 Å². The van der Waals surface area contributed by atoms with Crippen molar-refractivity contribution in [3.8, 4) is 0 Å². The number of halogens is 2. The Balaban J connectivity index is 2.18. The van der Waals surface area contributed by atoms with Crippen LogP contribution in [0.1, 0.15) is 49.4 Å². The second-order valence-electron chi connectivity index (χ2n) is 5.10. The number of rotatable bonds is 3. The van der Waals surface area contributed by atoms with Gasteiger partial charge in [-0.15, -0.1) is 0 Å². The highest BCUT2D eigenvalue weighted by atomic mass is 35.5. The molecule has 0 heterocycles. The van der Waals surface area contributed by atoms with Crippen molar-refractivity contribution in [2.24, 2.45) is 11.8 Å². The SMILES string of the molecule is CCC1CCCC(C(=O)c2cccc(Cl)c2F)C1. The van der Waals surface area contributed by atoms with E-state index in [1.165, 1.54) is 12.5 Å². The van der Waals surface area contributed by atoms with E-state index < -0.39 is 5.82 Å². The minimum absolute atomic E-state index is 0.0309. The zero-order chi connectivity index (χ0) is 13.1. The largest absolute Gasteiger partial charge is 0.294 e. The van der Waals surface area contributed by atoms with E-state index >= 15 is 0 Å². The average Bonchev–Trinajstić information content (AvgIpc) is 2.41. The summed E-state index contributed by atoms with van der Waals surface area (Å²) in [6, 6.07) is 4.65. The molecular formula is C15H18ClFO. The number of Topliss-reactive ketones (excluding diaryl/α,β-unsaturated/α-hetero) is 1. The van der Waals surface area contributed by atoms with Crippen molar-refractivity contribution < 1.29 is 9.18 Å². The summed E-state index contributed by atoms with van der Waals surface area (Å²) in [7, 11) is 0. The molecule has 0 aromatic heterocycles. The first kappa shape index (κ1) is 13.5. The second kappa shape index (κ2) is 5.83. The van der Waals surface area contributed by atoms with Crippen molar-refractivity contribution in [2.75, 3.05) is 0 Å². The molecule has 1 aromatic rings. The molecule has 0 aliphatic heterocycles. The molecule has 0 radical (unpaired) electrons. The lowest BCUT2D eigenvalue weighted by molar-refractivity contribution is 0.0857. The van der Waals surface area contributed by atoms with Crippen LogP contribution in [0.5, 0.6) is 0 Å². The normalized spacial score (nSPS) is 23.9. The highest BCUT2D eigenvalue weighted by molar-refractivity contribution is 6.31. The van der Waals surface area contributed by atoms with Crippen LogP contribution in [0.2, 0.25) is 5.02 Å². The highest BCUT2D eigenvalue weighted by Crippen LogP contribution is 2.34. The van der Waals surface area contributed by atoms with Crippen LogP contribution in [0.3, 0.4) is 0 Å². The number of benzene rings is 1. The summed E-state index contributed by atoms with van der Waals surface area (Å²) in [5, 5.41) is 0.0312. The number of hydrogen-bond acceptors (Lipinski definition) is 1. The van der Waals surface area contributed by atoms with E-state index in [2.05, 4.69) is 6.92 Å². The number of hydrogen-bond donors (Lipinski definition) is 0. The summed E-state index contributed by atoms with van der Waals surface area (Å²) in [4.78, 5) is 12.3. The van der Waals surface area contributed by atoms with Crippen LogP contribution >= 0.6 is 11.6 Å². The standard InChI is InChI=1S/C15H18ClFO/c1-2-10-5-3-6-11(9-10)15(18)12-7-4-8-13(16)14(12)17/h4,7-8,10-11H,2-3,5-6,9H2,1H3. The molecule has 1 fully saturated rings. The van der Waals surface area contributed by atoms with Gasteiger partial charge in [-0.1, -0.05) is 43.9 Å². The van der Waals surface area contributed by atoms with Crippen molar-refractivity contribution >= 4 is 17.4 Å². The van der Waals surface area contributed by atoms with Crippen molar-refractivity contribution in [3.05, 3.63) is 34.6 Å². The van der Waals surface area contributed by atoms with Gasteiger partial charge in [0.05, 0.1) is 10.6 Å². The van der Waals surface area contributed by atoms with Crippen LogP contribution in [0.25, 0.3) is 0 Å². The molecule has 2 rings (SSSR count). The Morgan fingerprint density at radius 2 is 2.22 bits per heavy atom. The summed E-state index contributed by atoms with van der Waals surface area (Å²) >= 11 is 5.73. The number of carbonyl (C=O) groups is 1. The van der Waals surface area contributed by atoms with Crippen LogP contribution in [0, 0.1) is 17.7 Å². The van der Waals surface area contributed by atoms with E-state index in [0.29, 0.717) is 5.92 Å². The molecule has 1 aromatic carbocycles. The molecular weight excluding hydrogens is 251 g/mol. The molecule has 18 heavy (non-hydrogen) atoms. The van der Waals surface area contributed by atoms with Crippen molar-refractivity contribution in [3.63, 3.8) is 0 Å². The fourth-order valence-electron chi connectivity index (χ4n) is 2.81. The average molecular weight is 269 g/mol. The lowest BCUT2D eigenvalue weighted by Gasteiger charge is -2.27. The number of ketones is 1. The van der Waals surface area contributed by atoms with Gasteiger partial charge in [0.25, 0.3) is 0 Å². The molecule has 1 nitrogen and oxygen atoms in total. The van der Waals surface area contributed by atoms with E-state index in [1.54, 1.807) is 12.1 Å². The Labute approximate surface area is 112 Å². The summed E-state index contributed by atoms with van der Waals surface area (Å²) in [6.07, 6.45) is 5.12. The maximum absolute atomic E-state index is 13.8. The Kier molecular flexibility index (Phi) is 4.39. The Morgan fingerprint density at radius 1 is 1.44 bits per heavy atom. The van der Waals surface area contributed by atoms with E-state index in [9.17, 15) is 9.18 Å². The molecule has 1 aliphatic carbocycles. The van der Waals surface area contributed by atoms with Gasteiger partial charge >= 0.3 is 0 Å². The molecule has 2 atom stereocenters. The predicted molar refractivity (Wildman–Crippen MR) is 71.5 cm³/mol. The zero-order valence-corrected chi connectivity index (χ0v) is 11.3. The van der Waals surface area contributed by atoms with E-state index in [-0.39, 0.29) is 22.3 Å². The summed E-state index contributed by atoms with van der Waals surface area (Å²) in [5.74, 6) is -0.0671. The van der Waals surface area contributed by atoms with Crippen LogP contribution in [0.15, 0.2) is 18.2 Å². The molecule has 1 saturated carbocycles. The Hall–Kier alpha value is -0.890. The maximum atomic E-state index is 13.8.